The Hall–Kier alpha value is -1.85. The number of ketones is 1. The summed E-state index contributed by atoms with van der Waals surface area (Å²) in [6, 6.07) is 0. The quantitative estimate of drug-likeness (QED) is 0.0986. The zero-order valence-corrected chi connectivity index (χ0v) is 18.7. The summed E-state index contributed by atoms with van der Waals surface area (Å²) in [6.45, 7) is 3.54. The van der Waals surface area contributed by atoms with Crippen LogP contribution in [0.15, 0.2) is 14.6 Å². The topological polar surface area (TPSA) is 195 Å². The van der Waals surface area contributed by atoms with E-state index in [2.05, 4.69) is 20.0 Å². The number of hydrogen-bond acceptors (Lipinski definition) is 11. The molecule has 0 saturated carbocycles. The summed E-state index contributed by atoms with van der Waals surface area (Å²) in [4.78, 5) is 46.5. The van der Waals surface area contributed by atoms with Crippen LogP contribution in [0.25, 0.3) is 0 Å². The van der Waals surface area contributed by atoms with E-state index in [0.717, 1.165) is 0 Å². The molecule has 0 saturated heterocycles. The summed E-state index contributed by atoms with van der Waals surface area (Å²) in [5, 5.41) is 23.7. The fraction of sp³-hybridized carbons (Fsp3) is 0.667. The van der Waals surface area contributed by atoms with E-state index in [9.17, 15) is 19.2 Å². The van der Waals surface area contributed by atoms with Crippen molar-refractivity contribution in [3.05, 3.63) is 0 Å². The van der Waals surface area contributed by atoms with Crippen molar-refractivity contribution in [3.63, 3.8) is 0 Å². The first-order valence-electron chi connectivity index (χ1n) is 8.07. The van der Waals surface area contributed by atoms with Crippen molar-refractivity contribution in [1.82, 2.24) is 5.32 Å². The van der Waals surface area contributed by atoms with E-state index in [0.29, 0.717) is 50.1 Å². The summed E-state index contributed by atoms with van der Waals surface area (Å²) in [5.41, 5.74) is 0. The minimum atomic E-state index is -0.616. The predicted octanol–water partition coefficient (Wildman–Crippen LogP) is 1.97. The van der Waals surface area contributed by atoms with Gasteiger partial charge in [-0.1, -0.05) is 16.5 Å². The highest BCUT2D eigenvalue weighted by molar-refractivity contribution is 7.62. The number of aliphatic hydroxyl groups excluding tert-OH is 1. The minimum Gasteiger partial charge on any atom is -0.450 e. The molecule has 0 aliphatic heterocycles. The molecule has 0 bridgehead atoms. The number of rotatable bonds is 14. The summed E-state index contributed by atoms with van der Waals surface area (Å²) >= 11 is 0. The molecule has 12 nitrogen and oxygen atoms in total. The van der Waals surface area contributed by atoms with E-state index in [4.69, 9.17) is 28.1 Å². The second kappa shape index (κ2) is 31.8. The molecular formula is C12H20B3N6O6P3. The maximum Gasteiger partial charge on any atom is 0.407 e. The summed E-state index contributed by atoms with van der Waals surface area (Å²) < 4.78 is 8.11. The molecule has 0 heterocycles. The van der Waals surface area contributed by atoms with E-state index >= 15 is 0 Å². The highest BCUT2D eigenvalue weighted by Crippen LogP contribution is 1.99. The lowest BCUT2D eigenvalue weighted by Gasteiger charge is -2.04. The molecule has 158 valence electrons. The molecule has 0 aliphatic carbocycles. The molecule has 0 aliphatic rings. The van der Waals surface area contributed by atoms with Crippen molar-refractivity contribution in [1.29, 1.82) is 10.3 Å². The Morgan fingerprint density at radius 2 is 1.73 bits per heavy atom. The first-order valence-corrected chi connectivity index (χ1v) is 11.0. The Balaban J connectivity index is -0.000000459. The van der Waals surface area contributed by atoms with Gasteiger partial charge < -0.3 is 19.8 Å². The highest BCUT2D eigenvalue weighted by atomic mass is 31.1. The molecule has 0 aromatic rings. The van der Waals surface area contributed by atoms with Crippen LogP contribution in [-0.2, 0) is 19.1 Å². The SMILES string of the molecule is N=P[B]CCO.O=C=NCN=C=O.[B]N=PCCC(=O)CNC(=O)OCC[B]P=N. The zero-order chi connectivity index (χ0) is 23.3. The number of nitrogens with one attached hydrogen (secondary N) is 3. The van der Waals surface area contributed by atoms with Crippen molar-refractivity contribution >= 4 is 70.9 Å². The second-order valence-corrected chi connectivity index (χ2v) is 6.53. The third-order valence-electron chi connectivity index (χ3n) is 2.19. The maximum atomic E-state index is 11.2. The van der Waals surface area contributed by atoms with Crippen LogP contribution < -0.4 is 5.32 Å². The summed E-state index contributed by atoms with van der Waals surface area (Å²) in [7, 11) is 6.49. The van der Waals surface area contributed by atoms with Gasteiger partial charge in [-0.25, -0.2) is 14.4 Å². The number of alkyl carbamates (subject to hydrolysis) is 1. The zero-order valence-electron chi connectivity index (χ0n) is 16.1. The fourth-order valence-corrected chi connectivity index (χ4v) is 1.97. The summed E-state index contributed by atoms with van der Waals surface area (Å²) in [6.07, 6.45) is 3.85. The number of carbonyl (C=O) groups is 2. The maximum absolute atomic E-state index is 11.2. The molecule has 0 fully saturated rings. The lowest BCUT2D eigenvalue weighted by Crippen LogP contribution is -2.30. The second-order valence-electron chi connectivity index (χ2n) is 4.32. The predicted molar refractivity (Wildman–Crippen MR) is 118 cm³/mol. The number of hydrogen-bond donors (Lipinski definition) is 4. The van der Waals surface area contributed by atoms with Gasteiger partial charge in [0.1, 0.15) is 0 Å². The van der Waals surface area contributed by atoms with E-state index in [-0.39, 0.29) is 32.2 Å². The number of carbonyl (C=O) groups excluding carboxylic acids is 4. The Bertz CT molecular complexity index is 590. The van der Waals surface area contributed by atoms with E-state index < -0.39 is 6.09 Å². The normalized spacial score (nSPS) is 8.97. The van der Waals surface area contributed by atoms with Crippen molar-refractivity contribution < 1.29 is 29.0 Å². The molecule has 0 unspecified atom stereocenters. The Morgan fingerprint density at radius 1 is 1.13 bits per heavy atom. The van der Waals surface area contributed by atoms with Crippen LogP contribution in [0.3, 0.4) is 0 Å². The largest absolute Gasteiger partial charge is 0.450 e. The van der Waals surface area contributed by atoms with Gasteiger partial charge in [-0.3, -0.25) is 15.1 Å². The van der Waals surface area contributed by atoms with Crippen molar-refractivity contribution in [2.75, 3.05) is 32.6 Å². The van der Waals surface area contributed by atoms with Gasteiger partial charge >= 0.3 is 6.09 Å². The number of nitrogens with zero attached hydrogens (tertiary/aromatic N) is 3. The molecule has 18 heteroatoms. The van der Waals surface area contributed by atoms with E-state index in [1.807, 2.05) is 0 Å². The molecule has 4 N–H and O–H groups in total. The minimum absolute atomic E-state index is 0.0423. The van der Waals surface area contributed by atoms with Crippen molar-refractivity contribution in [2.24, 2.45) is 14.6 Å². The molecular weight excluding hydrogens is 450 g/mol. The molecule has 1 amide bonds. The Morgan fingerprint density at radius 3 is 2.20 bits per heavy atom. The summed E-state index contributed by atoms with van der Waals surface area (Å²) in [5.74, 6) is -0.0886. The van der Waals surface area contributed by atoms with Crippen LogP contribution in [0.5, 0.6) is 0 Å². The number of isocyanates is 2. The molecule has 0 spiro atoms. The molecule has 0 atom stereocenters. The molecule has 4 radical (unpaired) electrons. The molecule has 30 heavy (non-hydrogen) atoms. The van der Waals surface area contributed by atoms with Crippen LogP contribution in [0.2, 0.25) is 12.6 Å². The van der Waals surface area contributed by atoms with E-state index in [1.165, 1.54) is 12.2 Å². The van der Waals surface area contributed by atoms with Gasteiger partial charge in [-0.15, -0.1) is 0 Å². The Kier molecular flexibility index (Phi) is 34.8. The van der Waals surface area contributed by atoms with Gasteiger partial charge in [-0.2, -0.15) is 9.98 Å². The van der Waals surface area contributed by atoms with Crippen LogP contribution >= 0.6 is 24.9 Å². The average Bonchev–Trinajstić information content (AvgIpc) is 2.75. The highest BCUT2D eigenvalue weighted by Gasteiger charge is 2.05. The number of aliphatic hydroxyl groups is 1. The van der Waals surface area contributed by atoms with Crippen LogP contribution in [-0.4, -0.2) is 83.7 Å². The number of Topliss-reactive ketones (excluding diaryl/α,β-unsaturated/α-hetero) is 1. The van der Waals surface area contributed by atoms with Crippen LogP contribution in [0.1, 0.15) is 6.42 Å². The van der Waals surface area contributed by atoms with Gasteiger partial charge in [0.15, 0.2) is 12.5 Å². The lowest BCUT2D eigenvalue weighted by molar-refractivity contribution is -0.117. The van der Waals surface area contributed by atoms with Gasteiger partial charge in [-0.05, 0) is 21.0 Å². The molecule has 0 rings (SSSR count). The standard InChI is InChI=1S/C7H12B2N3O3P2.C3H2N2O2.C2H6BNOP/c8-12-16-4-1-6(13)5-11-7(14)15-3-2-9-17-10;6-2-4-1-5-3-7;4-6-3-1-2-5/h10H,1-5H2,(H,11,14);1H2;4-5H,1-2H2. The monoisotopic (exact) mass is 470 g/mol. The number of ether oxygens (including phenoxy) is 1. The number of amides is 1. The van der Waals surface area contributed by atoms with Crippen molar-refractivity contribution in [2.45, 2.75) is 19.1 Å². The van der Waals surface area contributed by atoms with Gasteiger partial charge in [0, 0.05) is 19.2 Å². The third kappa shape index (κ3) is 37.0. The third-order valence-corrected chi connectivity index (χ3v) is 3.66. The number of aliphatic imine (C=N–C) groups is 2. The van der Waals surface area contributed by atoms with E-state index in [1.54, 1.807) is 14.0 Å². The van der Waals surface area contributed by atoms with Crippen LogP contribution in [0.4, 0.5) is 4.79 Å². The first-order chi connectivity index (χ1) is 14.5. The lowest BCUT2D eigenvalue weighted by atomic mass is 10.0. The van der Waals surface area contributed by atoms with Gasteiger partial charge in [0.25, 0.3) is 7.98 Å². The Labute approximate surface area is 182 Å². The van der Waals surface area contributed by atoms with Crippen molar-refractivity contribution in [3.8, 4) is 0 Å². The molecule has 0 aromatic heterocycles. The van der Waals surface area contributed by atoms with Gasteiger partial charge in [0.05, 0.1) is 13.2 Å². The first kappa shape index (κ1) is 32.8. The van der Waals surface area contributed by atoms with Crippen LogP contribution in [0, 0.1) is 10.3 Å². The average molecular weight is 470 g/mol. The fourth-order valence-electron chi connectivity index (χ4n) is 1.03. The van der Waals surface area contributed by atoms with Gasteiger partial charge in [0.2, 0.25) is 26.2 Å². The molecule has 0 aromatic carbocycles. The smallest absolute Gasteiger partial charge is 0.407 e.